The number of nitrogens with two attached hydrogens (primary N) is 1. The lowest BCUT2D eigenvalue weighted by Gasteiger charge is -2.21. The molecule has 1 aromatic rings. The van der Waals surface area contributed by atoms with Gasteiger partial charge in [0.2, 0.25) is 0 Å². The van der Waals surface area contributed by atoms with Crippen molar-refractivity contribution in [2.45, 2.75) is 37.5 Å². The molecule has 0 saturated carbocycles. The average molecular weight is 234 g/mol. The van der Waals surface area contributed by atoms with E-state index in [2.05, 4.69) is 11.1 Å². The predicted octanol–water partition coefficient (Wildman–Crippen LogP) is 1.20. The molecule has 2 atom stereocenters. The van der Waals surface area contributed by atoms with E-state index in [1.165, 1.54) is 11.3 Å². The molecule has 17 heavy (non-hydrogen) atoms. The van der Waals surface area contributed by atoms with Crippen LogP contribution in [0.3, 0.4) is 0 Å². The summed E-state index contributed by atoms with van der Waals surface area (Å²) in [6.45, 7) is 1.38. The summed E-state index contributed by atoms with van der Waals surface area (Å²) in [6, 6.07) is 4.22. The maximum absolute atomic E-state index is 6.27. The van der Waals surface area contributed by atoms with E-state index in [0.717, 1.165) is 19.3 Å². The molecule has 3 rings (SSSR count). The number of rotatable bonds is 3. The van der Waals surface area contributed by atoms with Gasteiger partial charge >= 0.3 is 0 Å². The smallest absolute Gasteiger partial charge is 0.159 e. The maximum atomic E-state index is 6.27. The Morgan fingerprint density at radius 1 is 1.41 bits per heavy atom. The Morgan fingerprint density at radius 2 is 2.24 bits per heavy atom. The second kappa shape index (κ2) is 4.72. The molecule has 0 aromatic carbocycles. The molecule has 1 aromatic heterocycles. The van der Waals surface area contributed by atoms with Gasteiger partial charge < -0.3 is 15.2 Å². The van der Waals surface area contributed by atoms with Gasteiger partial charge in [-0.25, -0.2) is 0 Å². The molecule has 0 amide bonds. The number of hydrogen-bond acceptors (Lipinski definition) is 4. The number of fused-ring (bicyclic) bond motifs is 1. The van der Waals surface area contributed by atoms with E-state index < -0.39 is 0 Å². The summed E-state index contributed by atoms with van der Waals surface area (Å²) in [4.78, 5) is 4.47. The zero-order valence-corrected chi connectivity index (χ0v) is 9.84. The van der Waals surface area contributed by atoms with Crippen molar-refractivity contribution in [2.75, 3.05) is 13.2 Å². The Hall–Kier alpha value is -0.970. The number of aryl methyl sites for hydroxylation is 1. The van der Waals surface area contributed by atoms with Crippen LogP contribution in [0.2, 0.25) is 0 Å². The summed E-state index contributed by atoms with van der Waals surface area (Å²) < 4.78 is 10.9. The Bertz CT molecular complexity index is 391. The van der Waals surface area contributed by atoms with Crippen molar-refractivity contribution >= 4 is 0 Å². The molecule has 4 heteroatoms. The molecule has 2 aliphatic rings. The monoisotopic (exact) mass is 234 g/mol. The molecule has 1 fully saturated rings. The Balaban J connectivity index is 1.68. The number of hydrogen-bond donors (Lipinski definition) is 1. The van der Waals surface area contributed by atoms with Crippen LogP contribution in [0.25, 0.3) is 0 Å². The van der Waals surface area contributed by atoms with Crippen LogP contribution in [-0.4, -0.2) is 30.5 Å². The van der Waals surface area contributed by atoms with Gasteiger partial charge in [-0.15, -0.1) is 0 Å². The molecule has 2 unspecified atom stereocenters. The van der Waals surface area contributed by atoms with Gasteiger partial charge in [0, 0.05) is 30.3 Å². The van der Waals surface area contributed by atoms with Crippen LogP contribution in [0.15, 0.2) is 18.3 Å². The second-order valence-corrected chi connectivity index (χ2v) is 4.76. The number of pyridine rings is 1. The number of aromatic nitrogens is 1. The van der Waals surface area contributed by atoms with Crippen LogP contribution in [-0.2, 0) is 15.9 Å². The highest BCUT2D eigenvalue weighted by atomic mass is 16.7. The number of ether oxygens (including phenoxy) is 2. The van der Waals surface area contributed by atoms with Crippen LogP contribution in [0.5, 0.6) is 0 Å². The highest BCUT2D eigenvalue weighted by Gasteiger charge is 2.31. The van der Waals surface area contributed by atoms with Crippen molar-refractivity contribution in [3.8, 4) is 0 Å². The lowest BCUT2D eigenvalue weighted by atomic mass is 9.95. The zero-order valence-electron chi connectivity index (χ0n) is 9.84. The van der Waals surface area contributed by atoms with Crippen molar-refractivity contribution in [1.29, 1.82) is 0 Å². The van der Waals surface area contributed by atoms with Gasteiger partial charge in [-0.05, 0) is 24.5 Å². The Labute approximate surface area is 101 Å². The van der Waals surface area contributed by atoms with Crippen LogP contribution < -0.4 is 5.73 Å². The van der Waals surface area contributed by atoms with Gasteiger partial charge in [0.05, 0.1) is 13.2 Å². The summed E-state index contributed by atoms with van der Waals surface area (Å²) in [5, 5.41) is 0. The average Bonchev–Trinajstić information content (AvgIpc) is 2.96. The second-order valence-electron chi connectivity index (χ2n) is 4.76. The van der Waals surface area contributed by atoms with E-state index in [-0.39, 0.29) is 12.3 Å². The molecule has 2 N–H and O–H groups in total. The van der Waals surface area contributed by atoms with E-state index in [9.17, 15) is 0 Å². The van der Waals surface area contributed by atoms with Crippen LogP contribution in [0.1, 0.15) is 30.0 Å². The highest BCUT2D eigenvalue weighted by molar-refractivity contribution is 5.29. The third-order valence-electron chi connectivity index (χ3n) is 3.67. The fourth-order valence-electron chi connectivity index (χ4n) is 2.79. The lowest BCUT2D eigenvalue weighted by Crippen LogP contribution is -2.32. The molecule has 1 aliphatic carbocycles. The normalized spacial score (nSPS) is 26.1. The van der Waals surface area contributed by atoms with Crippen molar-refractivity contribution in [3.05, 3.63) is 29.6 Å². The first kappa shape index (κ1) is 11.1. The van der Waals surface area contributed by atoms with Crippen molar-refractivity contribution in [1.82, 2.24) is 4.98 Å². The number of nitrogens with zero attached hydrogens (tertiary/aromatic N) is 1. The molecule has 1 saturated heterocycles. The molecule has 92 valence electrons. The van der Waals surface area contributed by atoms with Crippen molar-refractivity contribution in [3.63, 3.8) is 0 Å². The largest absolute Gasteiger partial charge is 0.350 e. The van der Waals surface area contributed by atoms with Gasteiger partial charge in [0.1, 0.15) is 0 Å². The van der Waals surface area contributed by atoms with E-state index >= 15 is 0 Å². The predicted molar refractivity (Wildman–Crippen MR) is 63.6 cm³/mol. The minimum atomic E-state index is -0.113. The molecule has 0 spiro atoms. The van der Waals surface area contributed by atoms with Crippen molar-refractivity contribution in [2.24, 2.45) is 5.73 Å². The molecule has 2 heterocycles. The molecular formula is C13H18N2O2. The first-order valence-electron chi connectivity index (χ1n) is 6.27. The Kier molecular flexibility index (Phi) is 3.09. The first-order valence-corrected chi connectivity index (χ1v) is 6.27. The van der Waals surface area contributed by atoms with E-state index in [4.69, 9.17) is 15.2 Å². The third-order valence-corrected chi connectivity index (χ3v) is 3.67. The molecule has 4 nitrogen and oxygen atoms in total. The maximum Gasteiger partial charge on any atom is 0.159 e. The zero-order chi connectivity index (χ0) is 11.7. The first-order chi connectivity index (χ1) is 8.34. The van der Waals surface area contributed by atoms with Crippen LogP contribution in [0, 0.1) is 0 Å². The van der Waals surface area contributed by atoms with Crippen LogP contribution >= 0.6 is 0 Å². The fraction of sp³-hybridized carbons (Fsp3) is 0.615. The highest BCUT2D eigenvalue weighted by Crippen LogP contribution is 2.34. The summed E-state index contributed by atoms with van der Waals surface area (Å²) >= 11 is 0. The molecular weight excluding hydrogens is 216 g/mol. The topological polar surface area (TPSA) is 57.4 Å². The van der Waals surface area contributed by atoms with Gasteiger partial charge in [-0.1, -0.05) is 6.07 Å². The molecule has 0 radical (unpaired) electrons. The summed E-state index contributed by atoms with van der Waals surface area (Å²) in [7, 11) is 0. The lowest BCUT2D eigenvalue weighted by molar-refractivity contribution is -0.0519. The van der Waals surface area contributed by atoms with Gasteiger partial charge in [0.15, 0.2) is 6.29 Å². The van der Waals surface area contributed by atoms with E-state index in [1.54, 1.807) is 0 Å². The fourth-order valence-corrected chi connectivity index (χ4v) is 2.79. The van der Waals surface area contributed by atoms with E-state index in [0.29, 0.717) is 19.1 Å². The minimum absolute atomic E-state index is 0.0780. The quantitative estimate of drug-likeness (QED) is 0.854. The van der Waals surface area contributed by atoms with Gasteiger partial charge in [-0.2, -0.15) is 0 Å². The summed E-state index contributed by atoms with van der Waals surface area (Å²) in [5.41, 5.74) is 8.80. The minimum Gasteiger partial charge on any atom is -0.350 e. The van der Waals surface area contributed by atoms with E-state index in [1.807, 2.05) is 12.3 Å². The molecule has 1 aliphatic heterocycles. The summed E-state index contributed by atoms with van der Waals surface area (Å²) in [5.74, 6) is 0.360. The van der Waals surface area contributed by atoms with Gasteiger partial charge in [-0.3, -0.25) is 4.98 Å². The third kappa shape index (κ3) is 2.20. The Morgan fingerprint density at radius 3 is 3.06 bits per heavy atom. The van der Waals surface area contributed by atoms with Crippen LogP contribution in [0.4, 0.5) is 0 Å². The van der Waals surface area contributed by atoms with Crippen molar-refractivity contribution < 1.29 is 9.47 Å². The molecule has 0 bridgehead atoms. The standard InChI is InChI=1S/C13H18N2O2/c14-11(8-12-16-6-7-17-12)10-4-3-9-2-1-5-15-13(9)10/h1-2,5,10-12H,3-4,6-8,14H2. The summed E-state index contributed by atoms with van der Waals surface area (Å²) in [6.07, 6.45) is 4.69. The SMILES string of the molecule is NC(CC1OCCO1)C1CCc2cccnc21. The van der Waals surface area contributed by atoms with Gasteiger partial charge in [0.25, 0.3) is 0 Å².